The Morgan fingerprint density at radius 3 is 1.62 bits per heavy atom. The van der Waals surface area contributed by atoms with E-state index in [4.69, 9.17) is 17.2 Å². The highest BCUT2D eigenvalue weighted by Gasteiger charge is 2.48. The van der Waals surface area contributed by atoms with Crippen LogP contribution in [0, 0.1) is 11.7 Å². The molecule has 9 rings (SSSR count). The molecule has 0 radical (unpaired) electrons. The number of piperidine rings is 1. The number of amides is 17. The van der Waals surface area contributed by atoms with Crippen LogP contribution in [0.15, 0.2) is 85.2 Å². The lowest BCUT2D eigenvalue weighted by molar-refractivity contribution is -0.149. The normalized spacial score (nSPS) is 25.2. The van der Waals surface area contributed by atoms with Gasteiger partial charge >= 0.3 is 17.9 Å². The maximum Gasteiger partial charge on any atom is 0.323 e. The highest BCUT2D eigenvalue weighted by molar-refractivity contribution is 6.03. The van der Waals surface area contributed by atoms with Crippen molar-refractivity contribution in [3.63, 3.8) is 0 Å². The van der Waals surface area contributed by atoms with Crippen molar-refractivity contribution in [2.24, 2.45) is 23.1 Å². The Bertz CT molecular complexity index is 5260. The van der Waals surface area contributed by atoms with Gasteiger partial charge in [0.15, 0.2) is 0 Å². The number of likely N-dealkylation sites (N-methyl/N-ethyl adjacent to an activating group) is 2. The number of H-pyrrole nitrogens is 1. The second-order valence-electron chi connectivity index (χ2n) is 35.3. The Kier molecular flexibility index (Phi) is 38.3. The topological polar surface area (TPSA) is 658 Å². The molecule has 45 heteroatoms. The Balaban J connectivity index is 1.12. The van der Waals surface area contributed by atoms with Gasteiger partial charge < -0.3 is 125 Å². The van der Waals surface area contributed by atoms with E-state index < -0.39 is 292 Å². The number of halogens is 1. The molecule has 2 aromatic heterocycles. The number of benzene rings is 3. The van der Waals surface area contributed by atoms with E-state index in [2.05, 4.69) is 58.2 Å². The summed E-state index contributed by atoms with van der Waals surface area (Å²) in [4.78, 5) is 296. The molecule has 4 saturated heterocycles. The van der Waals surface area contributed by atoms with Crippen LogP contribution in [0.3, 0.4) is 0 Å². The number of primary amides is 3. The van der Waals surface area contributed by atoms with E-state index in [1.54, 1.807) is 69.3 Å². The van der Waals surface area contributed by atoms with Gasteiger partial charge in [0, 0.05) is 107 Å². The minimum Gasteiger partial charge on any atom is -0.481 e. The minimum atomic E-state index is -2.19. The van der Waals surface area contributed by atoms with Gasteiger partial charge in [-0.25, -0.2) is 4.39 Å². The zero-order valence-corrected chi connectivity index (χ0v) is 76.7. The van der Waals surface area contributed by atoms with Crippen molar-refractivity contribution < 1.29 is 121 Å². The Hall–Kier alpha value is -14.0. The number of carbonyl (C=O) groups is 20. The summed E-state index contributed by atoms with van der Waals surface area (Å²) in [5.74, 6) is -24.1. The van der Waals surface area contributed by atoms with Crippen LogP contribution < -0.4 is 70.4 Å². The highest BCUT2D eigenvalue weighted by atomic mass is 19.1. The molecule has 1 unspecified atom stereocenters. The monoisotopic (exact) mass is 1900 g/mol. The maximum atomic E-state index is 15.9. The zero-order chi connectivity index (χ0) is 99.6. The largest absolute Gasteiger partial charge is 0.481 e. The molecule has 6 heterocycles. The van der Waals surface area contributed by atoms with Gasteiger partial charge in [-0.3, -0.25) is 95.9 Å². The van der Waals surface area contributed by atoms with Crippen LogP contribution in [0.2, 0.25) is 0 Å². The number of nitrogens with one attached hydrogen (secondary N) is 11. The van der Waals surface area contributed by atoms with Gasteiger partial charge in [0.05, 0.1) is 31.9 Å². The molecule has 4 fully saturated rings. The van der Waals surface area contributed by atoms with Gasteiger partial charge in [-0.2, -0.15) is 0 Å². The van der Waals surface area contributed by atoms with Crippen molar-refractivity contribution in [3.05, 3.63) is 108 Å². The third kappa shape index (κ3) is 28.8. The number of unbranched alkanes of at least 4 members (excludes halogenated alkanes) is 2. The fourth-order valence-corrected chi connectivity index (χ4v) is 17.6. The van der Waals surface area contributed by atoms with E-state index in [9.17, 15) is 82.4 Å². The van der Waals surface area contributed by atoms with Gasteiger partial charge in [0.2, 0.25) is 100 Å². The van der Waals surface area contributed by atoms with Crippen molar-refractivity contribution in [2.45, 2.75) is 260 Å². The smallest absolute Gasteiger partial charge is 0.323 e. The van der Waals surface area contributed by atoms with Gasteiger partial charge in [0.25, 0.3) is 0 Å². The van der Waals surface area contributed by atoms with E-state index >= 15 is 38.4 Å². The molecule has 0 spiro atoms. The average Bonchev–Trinajstić information content (AvgIpc) is 1.64. The van der Waals surface area contributed by atoms with E-state index in [0.29, 0.717) is 63.5 Å². The first-order valence-corrected chi connectivity index (χ1v) is 45.5. The Morgan fingerprint density at radius 1 is 0.485 bits per heavy atom. The number of hydrogen-bond donors (Lipinski definition) is 18. The molecule has 136 heavy (non-hydrogen) atoms. The van der Waals surface area contributed by atoms with E-state index in [1.165, 1.54) is 43.2 Å². The molecular weight excluding hydrogens is 1780 g/mol. The highest BCUT2D eigenvalue weighted by Crippen LogP contribution is 2.30. The van der Waals surface area contributed by atoms with Crippen LogP contribution >= 0.6 is 0 Å². The molecule has 15 atom stereocenters. The van der Waals surface area contributed by atoms with Crippen LogP contribution in [0.5, 0.6) is 0 Å². The number of rotatable bonds is 26. The summed E-state index contributed by atoms with van der Waals surface area (Å²) in [6, 6.07) is -6.18. The number of hydrogen-bond acceptors (Lipinski definition) is 22. The number of para-hydroxylation sites is 2. The first-order valence-electron chi connectivity index (χ1n) is 45.5. The van der Waals surface area contributed by atoms with Crippen LogP contribution in [-0.4, -0.2) is 310 Å². The number of aromatic amines is 1. The summed E-state index contributed by atoms with van der Waals surface area (Å²) >= 11 is 0. The van der Waals surface area contributed by atoms with Crippen LogP contribution in [0.1, 0.15) is 160 Å². The third-order valence-electron chi connectivity index (χ3n) is 24.6. The van der Waals surface area contributed by atoms with E-state index in [0.717, 1.165) is 31.7 Å². The van der Waals surface area contributed by atoms with Crippen LogP contribution in [-0.2, 0) is 122 Å². The lowest BCUT2D eigenvalue weighted by Gasteiger charge is -2.38. The molecule has 0 aliphatic carbocycles. The lowest BCUT2D eigenvalue weighted by Crippen LogP contribution is -2.61. The van der Waals surface area contributed by atoms with Crippen LogP contribution in [0.25, 0.3) is 21.8 Å². The number of carbonyl (C=O) groups excluding carboxylic acids is 17. The SMILES string of the molecule is CCCC[C@H]1C(=O)N(C)[C@@H](CCCC)C(=O)N[C@@H](CC(C)C)C(=O)N[C@H](C(N)=O)CNCC(=O)N[C@@H](Cc2ccc(F)cc2)C(=O)N2CCCC[C@H]2C(=O)N[C@@H](CC(=O)O)C(=O)N2CCCC2C(=O)N[C@@H](CCC(N)=O)C(=O)N[C@@H](CC(=O)O)C(=O)N2C[C@H](O)C[C@H]2C(=O)N[C@@H](Cc2c[nH]c3ccccc23)C(=O)N[C@@H](CC(N)=O)C(=O)N[C@@H](Cc2cn(CC(=O)O)c3ccccc23)C(=O)N1C. The second-order valence-corrected chi connectivity index (χ2v) is 35.3. The third-order valence-corrected chi connectivity index (χ3v) is 24.6. The number of aromatic nitrogens is 2. The molecule has 0 saturated carbocycles. The lowest BCUT2D eigenvalue weighted by atomic mass is 9.97. The van der Waals surface area contributed by atoms with Gasteiger partial charge in [-0.1, -0.05) is 102 Å². The number of aliphatic hydroxyl groups excluding tert-OH is 1. The number of aliphatic hydroxyl groups is 1. The molecule has 3 aromatic carbocycles. The number of nitrogens with two attached hydrogens (primary N) is 3. The summed E-state index contributed by atoms with van der Waals surface area (Å²) in [5, 5.41) is 68.5. The molecular formula is C91H123FN20O24. The fraction of sp³-hybridized carbons (Fsp3) is 0.538. The zero-order valence-electron chi connectivity index (χ0n) is 76.7. The van der Waals surface area contributed by atoms with Gasteiger partial charge in [0.1, 0.15) is 96.9 Å². The summed E-state index contributed by atoms with van der Waals surface area (Å²) < 4.78 is 15.8. The molecule has 21 N–H and O–H groups in total. The van der Waals surface area contributed by atoms with Crippen molar-refractivity contribution >= 4 is 140 Å². The first-order chi connectivity index (χ1) is 64.6. The van der Waals surface area contributed by atoms with Gasteiger partial charge in [-0.15, -0.1) is 0 Å². The summed E-state index contributed by atoms with van der Waals surface area (Å²) in [6.45, 7) is 4.10. The second kappa shape index (κ2) is 49.3. The number of carboxylic acid groups (broad SMARTS) is 3. The molecule has 0 bridgehead atoms. The summed E-state index contributed by atoms with van der Waals surface area (Å²) in [7, 11) is 2.57. The maximum absolute atomic E-state index is 15.9. The van der Waals surface area contributed by atoms with Crippen molar-refractivity contribution in [2.75, 3.05) is 46.8 Å². The van der Waals surface area contributed by atoms with Crippen molar-refractivity contribution in [1.82, 2.24) is 87.2 Å². The number of fused-ring (bicyclic) bond motifs is 5. The van der Waals surface area contributed by atoms with Gasteiger partial charge in [-0.05, 0) is 105 Å². The summed E-state index contributed by atoms with van der Waals surface area (Å²) in [5.41, 5.74) is 19.1. The molecule has 17 amide bonds. The minimum absolute atomic E-state index is 0.0302. The predicted molar refractivity (Wildman–Crippen MR) is 483 cm³/mol. The fourth-order valence-electron chi connectivity index (χ4n) is 17.6. The Morgan fingerprint density at radius 2 is 1.00 bits per heavy atom. The molecule has 5 aromatic rings. The van der Waals surface area contributed by atoms with Crippen LogP contribution in [0.4, 0.5) is 4.39 Å². The number of nitrogens with zero attached hydrogens (tertiary/aromatic N) is 6. The molecule has 44 nitrogen and oxygen atoms in total. The standard InChI is InChI=1S/C91H123FN20O24/c1-7-9-21-67-83(128)101-58(34-48(3)4)80(125)106-65(78(95)123)43-96-44-74(116)98-61(35-49-26-28-52(92)29-27-49)88(133)110-32-16-15-24-68(110)85(130)105-63(40-75(117)118)89(134)111-33-17-25-69(111)84(129)99-57(30-31-72(93)114)79(124)104-64(41-76(119)120)90(135)112-46-53(113)38-71(112)86(131)102-59(36-50-42-97-56-20-13-11-18-54(50)56)81(126)100-60(39-73(94)115)82(127)103-62(87(132)108(6)70(22-10-8-2)91(136)107(67)5)37-51-45-109(47-77(121)122)66-23-14-12-19-55(51)66/h11-14,18-20,23,26-29,42,45,48,53,57-65,67-71,96-97,113H,7-10,15-17,21-22,24-25,30-41,43-44,46-47H2,1-6H3,(H2,93,114)(H2,94,115)(H2,95,123)(H,98,116)(H,99,129)(H,100,126)(H,101,128)(H,102,131)(H,103,127)(H,104,124)(H,105,130)(H,106,125)(H,117,118)(H,119,120)(H,121,122)/t53-,57+,58+,59+,60+,61+,62+,63+,64+,65+,67+,68+,69?,70+,71+/m1/s1. The van der Waals surface area contributed by atoms with Crippen molar-refractivity contribution in [3.8, 4) is 0 Å². The summed E-state index contributed by atoms with van der Waals surface area (Å²) in [6.07, 6.45) is -3.62. The first kappa shape index (κ1) is 106. The van der Waals surface area contributed by atoms with Crippen molar-refractivity contribution in [1.29, 1.82) is 0 Å². The number of carboxylic acids is 3. The van der Waals surface area contributed by atoms with E-state index in [-0.39, 0.29) is 82.4 Å². The molecule has 4 aliphatic heterocycles. The average molecular weight is 1900 g/mol. The van der Waals surface area contributed by atoms with E-state index in [1.807, 2.05) is 6.92 Å². The Labute approximate surface area is 782 Å². The molecule has 4 aliphatic rings. The number of aliphatic carboxylic acids is 3. The molecule has 738 valence electrons. The predicted octanol–water partition coefficient (Wildman–Crippen LogP) is -2.67. The quantitative estimate of drug-likeness (QED) is 0.0268.